The van der Waals surface area contributed by atoms with Crippen LogP contribution >= 0.6 is 22.8 Å². The first-order chi connectivity index (χ1) is 36.3. The predicted molar refractivity (Wildman–Crippen MR) is 305 cm³/mol. The van der Waals surface area contributed by atoms with E-state index in [0.29, 0.717) is 23.0 Å². The van der Waals surface area contributed by atoms with E-state index in [1.807, 2.05) is 124 Å². The molecule has 12 aromatic rings. The molecule has 0 bridgehead atoms. The van der Waals surface area contributed by atoms with Gasteiger partial charge in [0, 0.05) is 47.5 Å². The van der Waals surface area contributed by atoms with Gasteiger partial charge in [-0.25, -0.2) is 9.56 Å². The number of fused-ring (bicyclic) bond motifs is 6. The smallest absolute Gasteiger partial charge is 0.413 e. The zero-order valence-electron chi connectivity index (χ0n) is 39.9. The monoisotopic (exact) mass is 1020 g/mol. The molecule has 0 N–H and O–H groups in total. The van der Waals surface area contributed by atoms with E-state index in [1.165, 1.54) is 43.1 Å². The maximum atomic E-state index is 7.27. The minimum absolute atomic E-state index is 0.548. The van der Waals surface area contributed by atoms with Gasteiger partial charge in [-0.15, -0.1) is 9.03 Å². The Balaban J connectivity index is 0.992. The quantitative estimate of drug-likeness (QED) is 0.0711. The third-order valence-corrected chi connectivity index (χ3v) is 23.4. The van der Waals surface area contributed by atoms with E-state index < -0.39 is 22.8 Å². The van der Waals surface area contributed by atoms with Crippen LogP contribution in [0, 0.1) is 0 Å². The summed E-state index contributed by atoms with van der Waals surface area (Å²) < 4.78 is 49.8. The van der Waals surface area contributed by atoms with E-state index in [2.05, 4.69) is 109 Å². The summed E-state index contributed by atoms with van der Waals surface area (Å²) in [5.74, 6) is 2.19. The molecule has 15 rings (SSSR count). The second kappa shape index (κ2) is 16.3. The molecule has 0 atom stereocenters. The zero-order chi connectivity index (χ0) is 49.2. The van der Waals surface area contributed by atoms with Crippen molar-refractivity contribution in [3.8, 4) is 45.3 Å². The highest BCUT2D eigenvalue weighted by Crippen LogP contribution is 2.81. The minimum Gasteiger partial charge on any atom is -0.413 e. The van der Waals surface area contributed by atoms with Crippen molar-refractivity contribution in [2.45, 2.75) is 0 Å². The molecular formula is C60H42N7O4P3. The van der Waals surface area contributed by atoms with Gasteiger partial charge in [-0.1, -0.05) is 187 Å². The van der Waals surface area contributed by atoms with Crippen LogP contribution in [0.4, 0.5) is 0 Å². The Hall–Kier alpha value is -8.45. The van der Waals surface area contributed by atoms with Crippen LogP contribution in [-0.4, -0.2) is 36.1 Å². The number of benzene rings is 12. The molecule has 3 heterocycles. The number of hydrogen-bond donors (Lipinski definition) is 0. The Morgan fingerprint density at radius 1 is 0.338 bits per heavy atom. The molecule has 11 nitrogen and oxygen atoms in total. The van der Waals surface area contributed by atoms with Gasteiger partial charge in [0.2, 0.25) is 0 Å². The summed E-state index contributed by atoms with van der Waals surface area (Å²) in [6.45, 7) is 0. The molecule has 0 amide bonds. The molecular weight excluding hydrogens is 976 g/mol. The second-order valence-corrected chi connectivity index (χ2v) is 25.7. The van der Waals surface area contributed by atoms with Gasteiger partial charge in [-0.2, -0.15) is 10.2 Å². The maximum absolute atomic E-state index is 7.27. The highest BCUT2D eigenvalue weighted by Gasteiger charge is 2.51. The normalized spacial score (nSPS) is 15.9. The van der Waals surface area contributed by atoms with Gasteiger partial charge < -0.3 is 18.1 Å². The number of hydrogen-bond acceptors (Lipinski definition) is 11. The first kappa shape index (κ1) is 43.2. The third-order valence-electron chi connectivity index (χ3n) is 14.3. The van der Waals surface area contributed by atoms with Crippen molar-refractivity contribution in [1.82, 2.24) is 9.56 Å². The number of hydrazone groups is 2. The number of nitrogens with zero attached hydrogens (tertiary/aromatic N) is 7. The highest BCUT2D eigenvalue weighted by molar-refractivity contribution is 7.80. The Labute approximate surface area is 426 Å². The van der Waals surface area contributed by atoms with E-state index in [0.717, 1.165) is 54.9 Å². The highest BCUT2D eigenvalue weighted by atomic mass is 31.3. The Morgan fingerprint density at radius 2 is 0.662 bits per heavy atom. The summed E-state index contributed by atoms with van der Waals surface area (Å²) >= 11 is 0. The van der Waals surface area contributed by atoms with E-state index in [4.69, 9.17) is 41.8 Å². The van der Waals surface area contributed by atoms with E-state index in [-0.39, 0.29) is 0 Å². The fourth-order valence-electron chi connectivity index (χ4n) is 10.9. The molecule has 0 saturated heterocycles. The number of para-hydroxylation sites is 4. The molecule has 0 aliphatic carbocycles. The van der Waals surface area contributed by atoms with Crippen LogP contribution in [-0.2, 0) is 0 Å². The topological polar surface area (TPSA) is 105 Å². The predicted octanol–water partition coefficient (Wildman–Crippen LogP) is 17.8. The summed E-state index contributed by atoms with van der Waals surface area (Å²) in [5.41, 5.74) is 5.19. The van der Waals surface area contributed by atoms with Crippen LogP contribution in [0.1, 0.15) is 11.1 Å². The standard InChI is InChI=1S/C60H42N7O4P3/c1-66(61-37-45-31-29-43-27-25-39-13-11-15-41-33-35-47(45)59(43)57(39)41)72(67(2)62-38-46-32-30-44-28-26-40-14-12-16-42-34-36-48(46)60(44)58(40)42)63-73(68-53-21-7-3-17-49(53)50-18-4-8-22-54(50)69-73)65-74(64-72)70-55-23-9-5-19-51(55)52-20-6-10-24-56(52)71-74/h3-38H,1-2H3/b61-37+,62-38+. The first-order valence-corrected chi connectivity index (χ1v) is 29.0. The van der Waals surface area contributed by atoms with Gasteiger partial charge in [-0.05, 0) is 88.9 Å². The molecule has 356 valence electrons. The van der Waals surface area contributed by atoms with Crippen molar-refractivity contribution in [3.63, 3.8) is 0 Å². The fourth-order valence-corrected chi connectivity index (χ4v) is 21.3. The molecule has 3 aliphatic heterocycles. The van der Waals surface area contributed by atoms with Gasteiger partial charge >= 0.3 is 22.8 Å². The molecule has 0 radical (unpaired) electrons. The second-order valence-electron chi connectivity index (χ2n) is 18.6. The molecule has 0 unspecified atom stereocenters. The number of rotatable bonds is 6. The lowest BCUT2D eigenvalue weighted by Crippen LogP contribution is -2.22. The lowest BCUT2D eigenvalue weighted by atomic mass is 9.92. The van der Waals surface area contributed by atoms with Crippen molar-refractivity contribution >= 4 is 99.9 Å². The van der Waals surface area contributed by atoms with Crippen LogP contribution in [0.25, 0.3) is 86.9 Å². The fraction of sp³-hybridized carbons (Fsp3) is 0.0333. The van der Waals surface area contributed by atoms with E-state index in [1.54, 1.807) is 9.56 Å². The van der Waals surface area contributed by atoms with Crippen molar-refractivity contribution in [2.24, 2.45) is 23.7 Å². The third kappa shape index (κ3) is 6.64. The molecule has 2 spiro atoms. The molecule has 0 saturated carbocycles. The summed E-state index contributed by atoms with van der Waals surface area (Å²) in [7, 11) is -7.99. The lowest BCUT2D eigenvalue weighted by Gasteiger charge is -2.38. The maximum Gasteiger partial charge on any atom is 0.458 e. The Bertz CT molecular complexity index is 4170. The summed E-state index contributed by atoms with van der Waals surface area (Å²) in [6, 6.07) is 70.4. The SMILES string of the molecule is CN(/N=C/c1ccc2ccc3cccc4ccc1c2c34)P1(N(C)/N=C/c2ccc3ccc4cccc5ccc2c3c45)=NP2(=NP3(=N1)Oc1ccccc1-c1ccccc1O3)Oc1ccccc1-c1ccccc1O2. The average Bonchev–Trinajstić information content (AvgIpc) is 3.66. The van der Waals surface area contributed by atoms with Gasteiger partial charge in [-0.3, -0.25) is 0 Å². The van der Waals surface area contributed by atoms with Crippen LogP contribution in [0.5, 0.6) is 23.0 Å². The molecule has 0 aromatic heterocycles. The van der Waals surface area contributed by atoms with Gasteiger partial charge in [0.25, 0.3) is 0 Å². The van der Waals surface area contributed by atoms with Crippen molar-refractivity contribution in [1.29, 1.82) is 0 Å². The van der Waals surface area contributed by atoms with Crippen LogP contribution < -0.4 is 18.1 Å². The van der Waals surface area contributed by atoms with Crippen molar-refractivity contribution in [3.05, 3.63) is 217 Å². The van der Waals surface area contributed by atoms with Crippen LogP contribution in [0.15, 0.2) is 230 Å². The van der Waals surface area contributed by atoms with E-state index >= 15 is 0 Å². The Morgan fingerprint density at radius 3 is 1.05 bits per heavy atom. The largest absolute Gasteiger partial charge is 0.458 e. The molecule has 12 aromatic carbocycles. The minimum atomic E-state index is -3.97. The van der Waals surface area contributed by atoms with Gasteiger partial charge in [0.05, 0.1) is 12.4 Å². The average molecular weight is 1020 g/mol. The van der Waals surface area contributed by atoms with E-state index in [9.17, 15) is 0 Å². The molecule has 74 heavy (non-hydrogen) atoms. The zero-order valence-corrected chi connectivity index (χ0v) is 42.6. The van der Waals surface area contributed by atoms with Gasteiger partial charge in [0.15, 0.2) is 0 Å². The van der Waals surface area contributed by atoms with Crippen molar-refractivity contribution in [2.75, 3.05) is 14.1 Å². The first-order valence-electron chi connectivity index (χ1n) is 24.3. The van der Waals surface area contributed by atoms with Gasteiger partial charge in [0.1, 0.15) is 23.0 Å². The lowest BCUT2D eigenvalue weighted by molar-refractivity contribution is 0.454. The molecule has 3 aliphatic rings. The Kier molecular flexibility index (Phi) is 9.49. The molecule has 14 heteroatoms. The van der Waals surface area contributed by atoms with Crippen molar-refractivity contribution < 1.29 is 18.1 Å². The molecule has 0 fully saturated rings. The van der Waals surface area contributed by atoms with Crippen LogP contribution in [0.3, 0.4) is 0 Å². The van der Waals surface area contributed by atoms with Crippen LogP contribution in [0.2, 0.25) is 0 Å². The summed E-state index contributed by atoms with van der Waals surface area (Å²) in [5, 5.41) is 24.7. The summed E-state index contributed by atoms with van der Waals surface area (Å²) in [6.07, 6.45) is 3.77. The summed E-state index contributed by atoms with van der Waals surface area (Å²) in [4.78, 5) is 0.